The maximum atomic E-state index is 13.7. The molecule has 27 heavy (non-hydrogen) atoms. The van der Waals surface area contributed by atoms with Gasteiger partial charge in [0.1, 0.15) is 5.82 Å². The van der Waals surface area contributed by atoms with Crippen LogP contribution in [0.3, 0.4) is 0 Å². The Hall–Kier alpha value is -3.68. The summed E-state index contributed by atoms with van der Waals surface area (Å²) in [4.78, 5) is 19.7. The van der Waals surface area contributed by atoms with E-state index in [1.54, 1.807) is 24.4 Å². The number of carbonyl (C=O) groups excluding carboxylic acids is 1. The van der Waals surface area contributed by atoms with Crippen molar-refractivity contribution in [1.82, 2.24) is 15.2 Å². The number of nitrogens with zero attached hydrogens (tertiary/aromatic N) is 3. The summed E-state index contributed by atoms with van der Waals surface area (Å²) in [6.45, 7) is 5.27. The Bertz CT molecular complexity index is 1080. The number of rotatable bonds is 5. The van der Waals surface area contributed by atoms with Gasteiger partial charge < -0.3 is 5.32 Å². The van der Waals surface area contributed by atoms with E-state index < -0.39 is 17.5 Å². The Kier molecular flexibility index (Phi) is 5.16. The van der Waals surface area contributed by atoms with Crippen molar-refractivity contribution in [2.75, 3.05) is 5.32 Å². The molecule has 2 aromatic heterocycles. The van der Waals surface area contributed by atoms with Gasteiger partial charge in [-0.3, -0.25) is 14.9 Å². The highest BCUT2D eigenvalue weighted by molar-refractivity contribution is 6.11. The van der Waals surface area contributed by atoms with Crippen LogP contribution in [-0.2, 0) is 0 Å². The molecule has 0 saturated carbocycles. The van der Waals surface area contributed by atoms with Gasteiger partial charge in [0, 0.05) is 17.7 Å². The third kappa shape index (κ3) is 3.95. The smallest absolute Gasteiger partial charge is 0.278 e. The van der Waals surface area contributed by atoms with E-state index >= 15 is 0 Å². The van der Waals surface area contributed by atoms with Crippen LogP contribution in [0.15, 0.2) is 53.8 Å². The first-order chi connectivity index (χ1) is 13.0. The molecule has 3 aromatic rings. The number of nitrogens with one attached hydrogen (secondary N) is 2. The Morgan fingerprint density at radius 3 is 2.89 bits per heavy atom. The minimum Gasteiger partial charge on any atom is -0.303 e. The molecule has 6 nitrogen and oxygen atoms in total. The molecule has 1 amide bonds. The zero-order valence-corrected chi connectivity index (χ0v) is 14.3. The molecule has 0 spiro atoms. The van der Waals surface area contributed by atoms with Gasteiger partial charge in [-0.25, -0.2) is 13.8 Å². The van der Waals surface area contributed by atoms with E-state index in [-0.39, 0.29) is 11.5 Å². The first kappa shape index (κ1) is 18.1. The molecule has 2 heterocycles. The minimum absolute atomic E-state index is 0.0773. The highest BCUT2D eigenvalue weighted by Gasteiger charge is 2.17. The largest absolute Gasteiger partial charge is 0.303 e. The van der Waals surface area contributed by atoms with Gasteiger partial charge in [-0.05, 0) is 43.0 Å². The Morgan fingerprint density at radius 1 is 1.33 bits per heavy atom. The van der Waals surface area contributed by atoms with Crippen LogP contribution < -0.4 is 5.32 Å². The van der Waals surface area contributed by atoms with E-state index in [4.69, 9.17) is 0 Å². The quantitative estimate of drug-likeness (QED) is 0.526. The summed E-state index contributed by atoms with van der Waals surface area (Å²) in [5, 5.41) is 9.62. The lowest BCUT2D eigenvalue weighted by atomic mass is 10.0. The van der Waals surface area contributed by atoms with Gasteiger partial charge in [0.25, 0.3) is 5.91 Å². The van der Waals surface area contributed by atoms with Crippen LogP contribution in [0.4, 0.5) is 14.6 Å². The van der Waals surface area contributed by atoms with Gasteiger partial charge in [-0.1, -0.05) is 12.1 Å². The summed E-state index contributed by atoms with van der Waals surface area (Å²) >= 11 is 0. The van der Waals surface area contributed by atoms with Crippen LogP contribution in [0.25, 0.3) is 16.5 Å². The van der Waals surface area contributed by atoms with Gasteiger partial charge in [0.15, 0.2) is 17.3 Å². The van der Waals surface area contributed by atoms with Crippen molar-refractivity contribution in [3.63, 3.8) is 0 Å². The SMILES string of the molecule is C=N/C=C\C=C(/C)c1ccc2[nH]nc(C(=O)Nc3ncc(F)cc3F)c2c1. The highest BCUT2D eigenvalue weighted by atomic mass is 19.1. The monoisotopic (exact) mass is 367 g/mol. The number of halogens is 2. The van der Waals surface area contributed by atoms with Crippen molar-refractivity contribution in [3.05, 3.63) is 71.7 Å². The number of aromatic amines is 1. The Morgan fingerprint density at radius 2 is 2.15 bits per heavy atom. The molecule has 0 unspecified atom stereocenters. The molecule has 3 rings (SSSR count). The van der Waals surface area contributed by atoms with Gasteiger partial charge in [0.05, 0.1) is 11.7 Å². The van der Waals surface area contributed by atoms with E-state index in [0.29, 0.717) is 17.0 Å². The van der Waals surface area contributed by atoms with Crippen molar-refractivity contribution >= 4 is 34.9 Å². The predicted molar refractivity (Wildman–Crippen MR) is 101 cm³/mol. The first-order valence-corrected chi connectivity index (χ1v) is 7.89. The van der Waals surface area contributed by atoms with Crippen LogP contribution in [-0.4, -0.2) is 27.8 Å². The summed E-state index contributed by atoms with van der Waals surface area (Å²) in [7, 11) is 0. The molecule has 2 N–H and O–H groups in total. The van der Waals surface area contributed by atoms with Crippen LogP contribution in [0.1, 0.15) is 23.0 Å². The molecule has 0 saturated heterocycles. The number of aliphatic imine (C=N–C) groups is 1. The first-order valence-electron chi connectivity index (χ1n) is 7.89. The van der Waals surface area contributed by atoms with Gasteiger partial charge in [-0.15, -0.1) is 0 Å². The summed E-state index contributed by atoms with van der Waals surface area (Å²) in [6.07, 6.45) is 5.98. The van der Waals surface area contributed by atoms with E-state index in [1.165, 1.54) is 0 Å². The zero-order chi connectivity index (χ0) is 19.4. The van der Waals surface area contributed by atoms with Crippen LogP contribution in [0.2, 0.25) is 0 Å². The minimum atomic E-state index is -0.967. The van der Waals surface area contributed by atoms with Gasteiger partial charge >= 0.3 is 0 Å². The lowest BCUT2D eigenvalue weighted by Gasteiger charge is -2.05. The average Bonchev–Trinajstić information content (AvgIpc) is 3.07. The number of amides is 1. The molecule has 0 bridgehead atoms. The molecule has 0 aliphatic carbocycles. The molecular formula is C19H15F2N5O. The van der Waals surface area contributed by atoms with Crippen LogP contribution >= 0.6 is 0 Å². The molecule has 0 atom stereocenters. The standard InChI is InChI=1S/C19H15F2N5O/c1-11(4-3-7-22-2)12-5-6-16-14(8-12)17(26-25-16)19(27)24-18-15(21)9-13(20)10-23-18/h3-10H,2H2,1H3,(H,25,26)(H,23,24,27)/b7-3-,11-4+. The number of allylic oxidation sites excluding steroid dienone is 3. The van der Waals surface area contributed by atoms with E-state index in [1.807, 2.05) is 19.1 Å². The lowest BCUT2D eigenvalue weighted by Crippen LogP contribution is -2.15. The number of H-pyrrole nitrogens is 1. The van der Waals surface area contributed by atoms with Crippen molar-refractivity contribution in [2.24, 2.45) is 4.99 Å². The second-order valence-corrected chi connectivity index (χ2v) is 5.64. The molecule has 0 aliphatic heterocycles. The number of hydrogen-bond acceptors (Lipinski definition) is 4. The Labute approximate surface area is 153 Å². The summed E-state index contributed by atoms with van der Waals surface area (Å²) in [5.74, 6) is -2.82. The van der Waals surface area contributed by atoms with Crippen molar-refractivity contribution in [1.29, 1.82) is 0 Å². The maximum absolute atomic E-state index is 13.7. The van der Waals surface area contributed by atoms with Gasteiger partial charge in [-0.2, -0.15) is 5.10 Å². The lowest BCUT2D eigenvalue weighted by molar-refractivity contribution is 0.102. The number of anilines is 1. The molecule has 136 valence electrons. The summed E-state index contributed by atoms with van der Waals surface area (Å²) in [5.41, 5.74) is 2.54. The summed E-state index contributed by atoms with van der Waals surface area (Å²) < 4.78 is 26.7. The van der Waals surface area contributed by atoms with Gasteiger partial charge in [0.2, 0.25) is 0 Å². The zero-order valence-electron chi connectivity index (χ0n) is 14.3. The molecule has 1 aromatic carbocycles. The number of fused-ring (bicyclic) bond motifs is 1. The number of carbonyl (C=O) groups is 1. The Balaban J connectivity index is 1.93. The molecule has 0 aliphatic rings. The molecule has 8 heteroatoms. The highest BCUT2D eigenvalue weighted by Crippen LogP contribution is 2.23. The molecule has 0 fully saturated rings. The maximum Gasteiger partial charge on any atom is 0.278 e. The van der Waals surface area contributed by atoms with Crippen LogP contribution in [0, 0.1) is 11.6 Å². The second kappa shape index (κ2) is 7.69. The van der Waals surface area contributed by atoms with E-state index in [2.05, 4.69) is 32.2 Å². The van der Waals surface area contributed by atoms with E-state index in [9.17, 15) is 13.6 Å². The van der Waals surface area contributed by atoms with Crippen molar-refractivity contribution in [2.45, 2.75) is 6.92 Å². The number of hydrogen-bond donors (Lipinski definition) is 2. The second-order valence-electron chi connectivity index (χ2n) is 5.64. The van der Waals surface area contributed by atoms with Crippen molar-refractivity contribution in [3.8, 4) is 0 Å². The van der Waals surface area contributed by atoms with Crippen LogP contribution in [0.5, 0.6) is 0 Å². The third-order valence-corrected chi connectivity index (χ3v) is 3.81. The fourth-order valence-corrected chi connectivity index (χ4v) is 2.45. The number of benzene rings is 1. The number of aromatic nitrogens is 3. The predicted octanol–water partition coefficient (Wildman–Crippen LogP) is 4.11. The third-order valence-electron chi connectivity index (χ3n) is 3.81. The van der Waals surface area contributed by atoms with E-state index in [0.717, 1.165) is 17.3 Å². The summed E-state index contributed by atoms with van der Waals surface area (Å²) in [6, 6.07) is 6.11. The fourth-order valence-electron chi connectivity index (χ4n) is 2.45. The topological polar surface area (TPSA) is 83.0 Å². The number of pyridine rings is 1. The fraction of sp³-hybridized carbons (Fsp3) is 0.0526. The average molecular weight is 367 g/mol. The normalized spacial score (nSPS) is 11.9. The van der Waals surface area contributed by atoms with Crippen molar-refractivity contribution < 1.29 is 13.6 Å². The molecular weight excluding hydrogens is 352 g/mol. The molecule has 0 radical (unpaired) electrons.